The number of hydrogen-bond donors (Lipinski definition) is 2. The van der Waals surface area contributed by atoms with Crippen molar-refractivity contribution in [2.45, 2.75) is 6.42 Å². The Labute approximate surface area is 128 Å². The van der Waals surface area contributed by atoms with Gasteiger partial charge in [-0.2, -0.15) is 0 Å². The zero-order valence-corrected chi connectivity index (χ0v) is 12.0. The average molecular weight is 300 g/mol. The lowest BCUT2D eigenvalue weighted by molar-refractivity contribution is -0.115. The first-order valence-corrected chi connectivity index (χ1v) is 6.80. The molecule has 21 heavy (non-hydrogen) atoms. The molecule has 2 aromatic carbocycles. The number of benzene rings is 2. The number of rotatable bonds is 3. The third kappa shape index (κ3) is 4.64. The fourth-order valence-electron chi connectivity index (χ4n) is 1.82. The Morgan fingerprint density at radius 1 is 1.19 bits per heavy atom. The molecule has 2 rings (SSSR count). The molecule has 0 aliphatic rings. The molecular formula is C17H14ClNO2. The topological polar surface area (TPSA) is 49.3 Å². The van der Waals surface area contributed by atoms with E-state index in [4.69, 9.17) is 16.7 Å². The van der Waals surface area contributed by atoms with Crippen LogP contribution in [-0.2, 0) is 11.2 Å². The summed E-state index contributed by atoms with van der Waals surface area (Å²) in [5.74, 6) is 5.19. The van der Waals surface area contributed by atoms with E-state index in [1.165, 1.54) is 0 Å². The van der Waals surface area contributed by atoms with E-state index < -0.39 is 0 Å². The van der Waals surface area contributed by atoms with Gasteiger partial charge in [0.2, 0.25) is 5.91 Å². The molecule has 0 unspecified atom stereocenters. The van der Waals surface area contributed by atoms with Crippen LogP contribution >= 0.6 is 11.6 Å². The van der Waals surface area contributed by atoms with E-state index in [9.17, 15) is 4.79 Å². The van der Waals surface area contributed by atoms with Crippen LogP contribution in [0.4, 0.5) is 5.69 Å². The summed E-state index contributed by atoms with van der Waals surface area (Å²) in [6.07, 6.45) is 0.281. The molecule has 0 spiro atoms. The smallest absolute Gasteiger partial charge is 0.228 e. The van der Waals surface area contributed by atoms with Gasteiger partial charge in [0, 0.05) is 5.56 Å². The summed E-state index contributed by atoms with van der Waals surface area (Å²) in [7, 11) is 0. The van der Waals surface area contributed by atoms with Crippen molar-refractivity contribution in [1.29, 1.82) is 0 Å². The molecule has 2 aromatic rings. The van der Waals surface area contributed by atoms with Crippen molar-refractivity contribution < 1.29 is 9.90 Å². The largest absolute Gasteiger partial charge is 0.384 e. The number of aliphatic hydroxyl groups is 1. The van der Waals surface area contributed by atoms with Crippen molar-refractivity contribution in [2.24, 2.45) is 0 Å². The summed E-state index contributed by atoms with van der Waals surface area (Å²) in [6, 6.07) is 14.6. The van der Waals surface area contributed by atoms with Crippen LogP contribution in [0.1, 0.15) is 11.1 Å². The second-order valence-electron chi connectivity index (χ2n) is 4.37. The van der Waals surface area contributed by atoms with Crippen LogP contribution in [0.25, 0.3) is 0 Å². The highest BCUT2D eigenvalue weighted by Gasteiger charge is 2.07. The molecule has 0 saturated carbocycles. The van der Waals surface area contributed by atoms with Crippen LogP contribution in [0.5, 0.6) is 0 Å². The summed E-state index contributed by atoms with van der Waals surface area (Å²) >= 11 is 6.07. The Morgan fingerprint density at radius 3 is 2.67 bits per heavy atom. The highest BCUT2D eigenvalue weighted by molar-refractivity contribution is 6.33. The van der Waals surface area contributed by atoms with Crippen molar-refractivity contribution in [2.75, 3.05) is 11.9 Å². The minimum atomic E-state index is -0.210. The summed E-state index contributed by atoms with van der Waals surface area (Å²) in [5.41, 5.74) is 2.13. The monoisotopic (exact) mass is 299 g/mol. The van der Waals surface area contributed by atoms with Gasteiger partial charge in [-0.1, -0.05) is 53.8 Å². The number of hydrogen-bond acceptors (Lipinski definition) is 2. The van der Waals surface area contributed by atoms with Crippen LogP contribution in [0.15, 0.2) is 48.5 Å². The average Bonchev–Trinajstić information content (AvgIpc) is 2.49. The Bertz CT molecular complexity index is 687. The molecule has 0 aromatic heterocycles. The first kappa shape index (κ1) is 15.1. The van der Waals surface area contributed by atoms with Gasteiger partial charge in [-0.3, -0.25) is 4.79 Å². The zero-order chi connectivity index (χ0) is 15.1. The molecule has 0 heterocycles. The predicted molar refractivity (Wildman–Crippen MR) is 84.2 cm³/mol. The van der Waals surface area contributed by atoms with E-state index in [0.717, 1.165) is 5.56 Å². The molecule has 3 nitrogen and oxygen atoms in total. The van der Waals surface area contributed by atoms with Crippen LogP contribution in [0, 0.1) is 11.8 Å². The third-order valence-corrected chi connectivity index (χ3v) is 3.09. The van der Waals surface area contributed by atoms with Crippen molar-refractivity contribution in [1.82, 2.24) is 0 Å². The number of carbonyl (C=O) groups is 1. The van der Waals surface area contributed by atoms with Gasteiger partial charge in [0.25, 0.3) is 0 Å². The van der Waals surface area contributed by atoms with Gasteiger partial charge in [-0.05, 0) is 23.8 Å². The summed E-state index contributed by atoms with van der Waals surface area (Å²) < 4.78 is 0. The lowest BCUT2D eigenvalue weighted by atomic mass is 10.1. The maximum absolute atomic E-state index is 12.0. The third-order valence-electron chi connectivity index (χ3n) is 2.76. The van der Waals surface area contributed by atoms with E-state index in [0.29, 0.717) is 16.3 Å². The number of nitrogens with one attached hydrogen (secondary N) is 1. The second kappa shape index (κ2) is 7.49. The molecule has 106 valence electrons. The highest BCUT2D eigenvalue weighted by Crippen LogP contribution is 2.23. The summed E-state index contributed by atoms with van der Waals surface area (Å²) in [5, 5.41) is 11.9. The lowest BCUT2D eigenvalue weighted by Gasteiger charge is -2.08. The number of halogens is 1. The summed E-state index contributed by atoms with van der Waals surface area (Å²) in [6.45, 7) is -0.210. The molecule has 0 atom stereocenters. The SMILES string of the molecule is O=C(Cc1ccccc1)Nc1cc(C#CCO)ccc1Cl. The normalized spacial score (nSPS) is 9.62. The minimum Gasteiger partial charge on any atom is -0.384 e. The molecule has 0 saturated heterocycles. The van der Waals surface area contributed by atoms with Gasteiger partial charge in [0.1, 0.15) is 6.61 Å². The lowest BCUT2D eigenvalue weighted by Crippen LogP contribution is -2.14. The predicted octanol–water partition coefficient (Wildman–Crippen LogP) is 2.87. The first-order valence-electron chi connectivity index (χ1n) is 6.42. The van der Waals surface area contributed by atoms with Crippen molar-refractivity contribution in [3.05, 3.63) is 64.7 Å². The van der Waals surface area contributed by atoms with Crippen LogP contribution in [0.3, 0.4) is 0 Å². The fourth-order valence-corrected chi connectivity index (χ4v) is 1.98. The van der Waals surface area contributed by atoms with Crippen molar-refractivity contribution in [3.8, 4) is 11.8 Å². The molecule has 0 aliphatic heterocycles. The first-order chi connectivity index (χ1) is 10.2. The summed E-state index contributed by atoms with van der Waals surface area (Å²) in [4.78, 5) is 12.0. The van der Waals surface area contributed by atoms with Gasteiger partial charge in [-0.15, -0.1) is 0 Å². The Kier molecular flexibility index (Phi) is 5.39. The van der Waals surface area contributed by atoms with Crippen molar-refractivity contribution in [3.63, 3.8) is 0 Å². The molecule has 4 heteroatoms. The molecule has 1 amide bonds. The maximum Gasteiger partial charge on any atom is 0.228 e. The number of carbonyl (C=O) groups excluding carboxylic acids is 1. The quantitative estimate of drug-likeness (QED) is 0.856. The van der Waals surface area contributed by atoms with Crippen molar-refractivity contribution >= 4 is 23.2 Å². The maximum atomic E-state index is 12.0. The Hall–Kier alpha value is -2.28. The van der Waals surface area contributed by atoms with Gasteiger partial charge < -0.3 is 10.4 Å². The molecule has 2 N–H and O–H groups in total. The van der Waals surface area contributed by atoms with E-state index >= 15 is 0 Å². The van der Waals surface area contributed by atoms with Gasteiger partial charge >= 0.3 is 0 Å². The standard InChI is InChI=1S/C17H14ClNO2/c18-15-9-8-14(7-4-10-20)11-16(15)19-17(21)12-13-5-2-1-3-6-13/h1-3,5-6,8-9,11,20H,10,12H2,(H,19,21). The van der Waals surface area contributed by atoms with Gasteiger partial charge in [0.15, 0.2) is 0 Å². The number of amides is 1. The zero-order valence-electron chi connectivity index (χ0n) is 11.3. The van der Waals surface area contributed by atoms with Crippen LogP contribution < -0.4 is 5.32 Å². The van der Waals surface area contributed by atoms with Crippen LogP contribution in [-0.4, -0.2) is 17.6 Å². The Morgan fingerprint density at radius 2 is 1.95 bits per heavy atom. The molecule has 0 aliphatic carbocycles. The molecule has 0 fully saturated rings. The Balaban J connectivity index is 2.09. The second-order valence-corrected chi connectivity index (χ2v) is 4.77. The minimum absolute atomic E-state index is 0.143. The van der Waals surface area contributed by atoms with E-state index in [1.807, 2.05) is 30.3 Å². The number of anilines is 1. The highest BCUT2D eigenvalue weighted by atomic mass is 35.5. The van der Waals surface area contributed by atoms with Crippen LogP contribution in [0.2, 0.25) is 5.02 Å². The molecule has 0 bridgehead atoms. The number of aliphatic hydroxyl groups excluding tert-OH is 1. The van der Waals surface area contributed by atoms with E-state index in [1.54, 1.807) is 18.2 Å². The van der Waals surface area contributed by atoms with E-state index in [-0.39, 0.29) is 18.9 Å². The van der Waals surface area contributed by atoms with E-state index in [2.05, 4.69) is 17.2 Å². The van der Waals surface area contributed by atoms with Gasteiger partial charge in [-0.25, -0.2) is 0 Å². The fraction of sp³-hybridized carbons (Fsp3) is 0.118. The molecule has 0 radical (unpaired) electrons. The molecular weight excluding hydrogens is 286 g/mol. The van der Waals surface area contributed by atoms with Gasteiger partial charge in [0.05, 0.1) is 17.1 Å².